The molecule has 0 radical (unpaired) electrons. The number of H-pyrrole nitrogens is 1. The van der Waals surface area contributed by atoms with Crippen molar-refractivity contribution in [2.75, 3.05) is 24.7 Å². The lowest BCUT2D eigenvalue weighted by Crippen LogP contribution is -2.32. The number of nitrogens with zero attached hydrogens (tertiary/aromatic N) is 4. The molecule has 1 aliphatic rings. The molecular formula is C17H21N7O3S. The summed E-state index contributed by atoms with van der Waals surface area (Å²) in [5.74, 6) is -0.541. The Bertz CT molecular complexity index is 1140. The van der Waals surface area contributed by atoms with E-state index < -0.39 is 15.9 Å². The molecule has 10 nitrogen and oxygen atoms in total. The standard InChI is InChI=1S/C17H21N7O3S/c1-10-7-23(28(2,26)27)9-14(10)22-16-13(17(18)25)6-21-24-8-11(3-15(16)24)12-4-19-20-5-12/h3-6,8,10,14,22H,7,9H2,1-2H3,(H2,18,25)(H,19,20)/t10-,14-/m1/s1. The number of nitrogens with two attached hydrogens (primary N) is 1. The molecule has 3 aromatic rings. The Morgan fingerprint density at radius 2 is 2.11 bits per heavy atom. The summed E-state index contributed by atoms with van der Waals surface area (Å²) in [6.45, 7) is 2.72. The van der Waals surface area contributed by atoms with Gasteiger partial charge in [-0.05, 0) is 12.0 Å². The summed E-state index contributed by atoms with van der Waals surface area (Å²) in [6.07, 6.45) is 7.91. The number of carbonyl (C=O) groups is 1. The molecule has 0 aliphatic carbocycles. The molecule has 11 heteroatoms. The van der Waals surface area contributed by atoms with Crippen molar-refractivity contribution in [1.29, 1.82) is 0 Å². The molecule has 0 bridgehead atoms. The van der Waals surface area contributed by atoms with Gasteiger partial charge in [-0.1, -0.05) is 6.92 Å². The third-order valence-corrected chi connectivity index (χ3v) is 6.35. The Kier molecular flexibility index (Phi) is 4.35. The number of primary amides is 1. The first-order valence-corrected chi connectivity index (χ1v) is 10.6. The zero-order valence-electron chi connectivity index (χ0n) is 15.5. The molecule has 4 N–H and O–H groups in total. The van der Waals surface area contributed by atoms with Gasteiger partial charge in [-0.3, -0.25) is 9.89 Å². The minimum absolute atomic E-state index is 0.0620. The number of rotatable bonds is 5. The normalized spacial score (nSPS) is 20.6. The van der Waals surface area contributed by atoms with Crippen molar-refractivity contribution in [3.05, 3.63) is 36.4 Å². The van der Waals surface area contributed by atoms with Crippen LogP contribution in [0.4, 0.5) is 5.69 Å². The Labute approximate surface area is 161 Å². The van der Waals surface area contributed by atoms with E-state index in [1.807, 2.05) is 19.2 Å². The number of amides is 1. The zero-order chi connectivity index (χ0) is 20.1. The van der Waals surface area contributed by atoms with Crippen LogP contribution in [0, 0.1) is 5.92 Å². The number of sulfonamides is 1. The molecule has 0 aromatic carbocycles. The fourth-order valence-corrected chi connectivity index (χ4v) is 4.47. The van der Waals surface area contributed by atoms with E-state index in [1.54, 1.807) is 16.9 Å². The third-order valence-electron chi connectivity index (χ3n) is 5.11. The fraction of sp³-hybridized carbons (Fsp3) is 0.353. The van der Waals surface area contributed by atoms with Crippen LogP contribution in [-0.4, -0.2) is 63.8 Å². The van der Waals surface area contributed by atoms with Gasteiger partial charge in [0.15, 0.2) is 0 Å². The van der Waals surface area contributed by atoms with E-state index in [9.17, 15) is 13.2 Å². The molecule has 1 saturated heterocycles. The second-order valence-corrected chi connectivity index (χ2v) is 9.13. The summed E-state index contributed by atoms with van der Waals surface area (Å²) >= 11 is 0. The molecule has 148 valence electrons. The number of nitrogens with one attached hydrogen (secondary N) is 2. The second-order valence-electron chi connectivity index (χ2n) is 7.15. The molecule has 1 fully saturated rings. The highest BCUT2D eigenvalue weighted by Crippen LogP contribution is 2.30. The summed E-state index contributed by atoms with van der Waals surface area (Å²) in [5, 5.41) is 14.4. The quantitative estimate of drug-likeness (QED) is 0.567. The highest BCUT2D eigenvalue weighted by Gasteiger charge is 2.35. The number of hydrogen-bond donors (Lipinski definition) is 3. The number of anilines is 1. The van der Waals surface area contributed by atoms with Gasteiger partial charge in [0.05, 0.1) is 35.4 Å². The first-order valence-electron chi connectivity index (χ1n) is 8.76. The Morgan fingerprint density at radius 1 is 1.32 bits per heavy atom. The van der Waals surface area contributed by atoms with Gasteiger partial charge in [0.25, 0.3) is 5.91 Å². The zero-order valence-corrected chi connectivity index (χ0v) is 16.3. The smallest absolute Gasteiger partial charge is 0.252 e. The molecular weight excluding hydrogens is 382 g/mol. The molecule has 0 spiro atoms. The Morgan fingerprint density at radius 3 is 2.71 bits per heavy atom. The van der Waals surface area contributed by atoms with E-state index >= 15 is 0 Å². The van der Waals surface area contributed by atoms with Gasteiger partial charge in [0.2, 0.25) is 10.0 Å². The van der Waals surface area contributed by atoms with Gasteiger partial charge in [0, 0.05) is 42.7 Å². The van der Waals surface area contributed by atoms with Gasteiger partial charge >= 0.3 is 0 Å². The fourth-order valence-electron chi connectivity index (χ4n) is 3.53. The minimum Gasteiger partial charge on any atom is -0.378 e. The maximum Gasteiger partial charge on any atom is 0.252 e. The Hall–Kier alpha value is -2.92. The molecule has 4 rings (SSSR count). The average molecular weight is 403 g/mol. The number of hydrogen-bond acceptors (Lipinski definition) is 6. The van der Waals surface area contributed by atoms with E-state index in [-0.39, 0.29) is 17.5 Å². The molecule has 3 aromatic heterocycles. The predicted molar refractivity (Wildman–Crippen MR) is 104 cm³/mol. The van der Waals surface area contributed by atoms with Crippen molar-refractivity contribution in [2.24, 2.45) is 11.7 Å². The van der Waals surface area contributed by atoms with Crippen molar-refractivity contribution < 1.29 is 13.2 Å². The van der Waals surface area contributed by atoms with Crippen LogP contribution in [0.5, 0.6) is 0 Å². The minimum atomic E-state index is -3.28. The first kappa shape index (κ1) is 18.4. The number of carbonyl (C=O) groups excluding carboxylic acids is 1. The van der Waals surface area contributed by atoms with Crippen LogP contribution in [0.1, 0.15) is 17.3 Å². The summed E-state index contributed by atoms with van der Waals surface area (Å²) in [6, 6.07) is 1.73. The lowest BCUT2D eigenvalue weighted by atomic mass is 10.1. The Balaban J connectivity index is 1.76. The lowest BCUT2D eigenvalue weighted by Gasteiger charge is -2.20. The summed E-state index contributed by atoms with van der Waals surface area (Å²) in [4.78, 5) is 12.0. The van der Waals surface area contributed by atoms with Crippen LogP contribution in [0.15, 0.2) is 30.9 Å². The van der Waals surface area contributed by atoms with Crippen molar-refractivity contribution in [3.63, 3.8) is 0 Å². The van der Waals surface area contributed by atoms with Crippen LogP contribution in [-0.2, 0) is 10.0 Å². The molecule has 4 heterocycles. The van der Waals surface area contributed by atoms with Crippen LogP contribution in [0.25, 0.3) is 16.6 Å². The first-order chi connectivity index (χ1) is 13.2. The van der Waals surface area contributed by atoms with E-state index in [4.69, 9.17) is 5.73 Å². The highest BCUT2D eigenvalue weighted by molar-refractivity contribution is 7.88. The summed E-state index contributed by atoms with van der Waals surface area (Å²) in [5.41, 5.74) is 8.81. The van der Waals surface area contributed by atoms with Gasteiger partial charge < -0.3 is 11.1 Å². The lowest BCUT2D eigenvalue weighted by molar-refractivity contribution is 0.100. The predicted octanol–water partition coefficient (Wildman–Crippen LogP) is 0.515. The van der Waals surface area contributed by atoms with Gasteiger partial charge in [0.1, 0.15) is 0 Å². The average Bonchev–Trinajstić information content (AvgIpc) is 3.33. The van der Waals surface area contributed by atoms with Gasteiger partial charge in [-0.15, -0.1) is 0 Å². The van der Waals surface area contributed by atoms with Crippen molar-refractivity contribution in [3.8, 4) is 11.1 Å². The second kappa shape index (κ2) is 6.60. The molecule has 1 amide bonds. The maximum absolute atomic E-state index is 12.0. The molecule has 0 unspecified atom stereocenters. The van der Waals surface area contributed by atoms with E-state index in [0.29, 0.717) is 24.3 Å². The monoisotopic (exact) mass is 403 g/mol. The SMILES string of the molecule is C[C@@H]1CN(S(C)(=O)=O)C[C@H]1Nc1c(C(N)=O)cnn2cc(-c3cn[nH]c3)cc12. The topological polar surface area (TPSA) is 138 Å². The van der Waals surface area contributed by atoms with E-state index in [0.717, 1.165) is 11.1 Å². The van der Waals surface area contributed by atoms with Crippen LogP contribution in [0.2, 0.25) is 0 Å². The largest absolute Gasteiger partial charge is 0.378 e. The summed E-state index contributed by atoms with van der Waals surface area (Å²) < 4.78 is 26.9. The number of aromatic amines is 1. The highest BCUT2D eigenvalue weighted by atomic mass is 32.2. The van der Waals surface area contributed by atoms with E-state index in [1.165, 1.54) is 16.8 Å². The van der Waals surface area contributed by atoms with Crippen LogP contribution >= 0.6 is 0 Å². The summed E-state index contributed by atoms with van der Waals surface area (Å²) in [7, 11) is -3.28. The third kappa shape index (κ3) is 3.22. The number of aromatic nitrogens is 4. The molecule has 0 saturated carbocycles. The molecule has 28 heavy (non-hydrogen) atoms. The van der Waals surface area contributed by atoms with Crippen LogP contribution < -0.4 is 11.1 Å². The maximum atomic E-state index is 12.0. The van der Waals surface area contributed by atoms with Gasteiger partial charge in [-0.2, -0.15) is 14.5 Å². The molecule has 1 aliphatic heterocycles. The van der Waals surface area contributed by atoms with Crippen molar-refractivity contribution in [2.45, 2.75) is 13.0 Å². The van der Waals surface area contributed by atoms with Crippen molar-refractivity contribution in [1.82, 2.24) is 24.1 Å². The van der Waals surface area contributed by atoms with E-state index in [2.05, 4.69) is 20.6 Å². The molecule has 2 atom stereocenters. The van der Waals surface area contributed by atoms with Crippen LogP contribution in [0.3, 0.4) is 0 Å². The number of fused-ring (bicyclic) bond motifs is 1. The van der Waals surface area contributed by atoms with Gasteiger partial charge in [-0.25, -0.2) is 12.9 Å². The van der Waals surface area contributed by atoms with Crippen molar-refractivity contribution >= 4 is 27.1 Å².